The predicted octanol–water partition coefficient (Wildman–Crippen LogP) is 14.7. The normalized spacial score (nSPS) is 18.1. The van der Waals surface area contributed by atoms with Crippen LogP contribution in [0.3, 0.4) is 0 Å². The molecule has 8 aromatic rings. The summed E-state index contributed by atoms with van der Waals surface area (Å²) in [5.74, 6) is 0. The lowest BCUT2D eigenvalue weighted by Crippen LogP contribution is -2.76. The van der Waals surface area contributed by atoms with Crippen molar-refractivity contribution < 1.29 is 42.1 Å². The first-order valence-corrected chi connectivity index (χ1v) is 70.3. The highest BCUT2D eigenvalue weighted by Crippen LogP contribution is 2.30. The quantitative estimate of drug-likeness (QED) is 0.0921. The standard InChI is InChI=1S/C16H22O3Si3.C14H16OSi.C12H10Cl2Si.C9H14OSi.C7H8Cl2Si.C4H16O4Si4.C4H12OSi.C2H6Cl2Si/c1-20(2)17-21(3,4)19-22(18-20,15-11-7-5-8-12-15)16-13-9-6-10-14-16;1-15-16(2,13-9-5-3-6-10-13)14-11-7-4-8-12-14;13-15(14,11-7-3-1-4-8-11)12-9-5-2-6-10-12;1-10-11(2,3)9-7-5-4-6-8-9;1-10(8,9)7-5-3-2-4-6-7;1-9-5-10(2)7-12(4)8-11(3)6-9;1-5-6(2,3)4;1-5(2,3)4/h5-14H,1-4H3;3-12H,1-2H3;1-10H;4-8H,1-3H3;2-6H,1H3;9-12H,1-4H3;1-4H3;1-2H3. The first-order chi connectivity index (χ1) is 45.2. The molecule has 10 nitrogen and oxygen atoms in total. The lowest BCUT2D eigenvalue weighted by molar-refractivity contribution is 0.247. The Morgan fingerprint density at radius 2 is 0.536 bits per heavy atom. The molecule has 2 saturated heterocycles. The Morgan fingerprint density at radius 1 is 0.309 bits per heavy atom. The van der Waals surface area contributed by atoms with Gasteiger partial charge in [0.25, 0.3) is 52.1 Å². The van der Waals surface area contributed by atoms with E-state index in [4.69, 9.17) is 109 Å². The van der Waals surface area contributed by atoms with E-state index in [2.05, 4.69) is 187 Å². The molecule has 2 heterocycles. The van der Waals surface area contributed by atoms with E-state index in [1.807, 2.05) is 174 Å². The van der Waals surface area contributed by atoms with Crippen molar-refractivity contribution >= 4 is 216 Å². The van der Waals surface area contributed by atoms with Gasteiger partial charge in [0, 0.05) is 21.3 Å². The van der Waals surface area contributed by atoms with Gasteiger partial charge in [-0.25, -0.2) is 0 Å². The predicted molar refractivity (Wildman–Crippen MR) is 452 cm³/mol. The summed E-state index contributed by atoms with van der Waals surface area (Å²) >= 11 is 35.8. The first-order valence-electron chi connectivity index (χ1n) is 32.2. The number of hydrogen-bond donors (Lipinski definition) is 0. The maximum Gasteiger partial charge on any atom is 0.389 e. The smallest absolute Gasteiger partial charge is 0.389 e. The molecule has 0 spiro atoms. The van der Waals surface area contributed by atoms with Crippen LogP contribution in [0.25, 0.3) is 0 Å². The zero-order valence-electron chi connectivity index (χ0n) is 60.3. The zero-order chi connectivity index (χ0) is 72.8. The van der Waals surface area contributed by atoms with Gasteiger partial charge in [0.05, 0.1) is 0 Å². The topological polar surface area (TPSA) is 92.3 Å². The molecule has 0 aromatic heterocycles. The van der Waals surface area contributed by atoms with Gasteiger partial charge in [0.1, 0.15) is 0 Å². The summed E-state index contributed by atoms with van der Waals surface area (Å²) in [5.41, 5.74) is 0. The highest BCUT2D eigenvalue weighted by Gasteiger charge is 2.57. The van der Waals surface area contributed by atoms with Gasteiger partial charge in [0.2, 0.25) is 15.0 Å². The van der Waals surface area contributed by atoms with Crippen molar-refractivity contribution in [3.63, 3.8) is 0 Å². The minimum Gasteiger partial charge on any atom is -0.421 e. The molecule has 0 atom stereocenters. The number of benzene rings is 8. The zero-order valence-corrected chi connectivity index (χ0v) is 78.4. The molecule has 0 radical (unpaired) electrons. The first kappa shape index (κ1) is 89.1. The van der Waals surface area contributed by atoms with Crippen LogP contribution in [0.4, 0.5) is 0 Å². The third-order valence-electron chi connectivity index (χ3n) is 14.3. The molecule has 0 aliphatic carbocycles. The average Bonchev–Trinajstić information content (AvgIpc) is 0.741. The van der Waals surface area contributed by atoms with E-state index >= 15 is 0 Å². The number of rotatable bonds is 11. The second-order valence-corrected chi connectivity index (χ2v) is 79.8. The fourth-order valence-corrected chi connectivity index (χ4v) is 45.0. The molecule has 10 rings (SSSR count). The number of halogens is 6. The monoisotopic (exact) mass is 1650 g/mol. The van der Waals surface area contributed by atoms with Gasteiger partial charge in [-0.05, 0) is 153 Å². The van der Waals surface area contributed by atoms with Crippen LogP contribution in [0.1, 0.15) is 0 Å². The van der Waals surface area contributed by atoms with E-state index in [0.717, 1.165) is 25.9 Å². The van der Waals surface area contributed by atoms with Gasteiger partial charge in [-0.1, -0.05) is 243 Å². The van der Waals surface area contributed by atoms with Gasteiger partial charge in [-0.2, -0.15) is 0 Å². The minimum absolute atomic E-state index is 1.03. The lowest BCUT2D eigenvalue weighted by Gasteiger charge is -2.49. The highest BCUT2D eigenvalue weighted by molar-refractivity contribution is 7.56. The van der Waals surface area contributed by atoms with Crippen LogP contribution in [-0.4, -0.2) is 129 Å². The summed E-state index contributed by atoms with van der Waals surface area (Å²) in [5, 5.41) is 9.41. The van der Waals surface area contributed by atoms with Crippen molar-refractivity contribution in [3.8, 4) is 0 Å². The molecule has 0 amide bonds. The minimum atomic E-state index is -2.71. The molecule has 2 aliphatic heterocycles. The molecule has 0 unspecified atom stereocenters. The Balaban J connectivity index is 0.000000299. The van der Waals surface area contributed by atoms with Crippen molar-refractivity contribution in [2.24, 2.45) is 0 Å². The third kappa shape index (κ3) is 33.9. The SMILES string of the molecule is CO[Si](C)(C)C.CO[Si](C)(C)c1ccccc1.CO[Si](C)(c1ccccc1)c1ccccc1.C[SiH]1O[SiH](C)O[SiH](C)O[SiH](C)O1.C[Si](C)(Cl)Cl.C[Si](Cl)(Cl)c1ccccc1.C[Si]1(C)O[Si](C)(C)O[Si](c2ccccc2)(c2ccccc2)O1.Cl[Si](Cl)(c1ccccc1)c1ccccc1. The summed E-state index contributed by atoms with van der Waals surface area (Å²) in [7, 11) is -12.1. The molecule has 0 N–H and O–H groups in total. The summed E-state index contributed by atoms with van der Waals surface area (Å²) in [6.07, 6.45) is 0. The van der Waals surface area contributed by atoms with Gasteiger partial charge in [-0.3, -0.25) is 0 Å². The van der Waals surface area contributed by atoms with Crippen molar-refractivity contribution in [2.45, 2.75) is 111 Å². The summed E-state index contributed by atoms with van der Waals surface area (Å²) < 4.78 is 58.5. The summed E-state index contributed by atoms with van der Waals surface area (Å²) in [6.45, 7) is 29.1. The maximum atomic E-state index is 6.64. The fourth-order valence-electron chi connectivity index (χ4n) is 9.34. The van der Waals surface area contributed by atoms with E-state index in [-0.39, 0.29) is 0 Å². The molecule has 0 saturated carbocycles. The Kier molecular flexibility index (Phi) is 39.2. The summed E-state index contributed by atoms with van der Waals surface area (Å²) in [6, 6.07) is 81.7. The van der Waals surface area contributed by atoms with Crippen LogP contribution in [-0.2, 0) is 42.1 Å². The van der Waals surface area contributed by atoms with Crippen molar-refractivity contribution in [3.05, 3.63) is 243 Å². The molecule has 2 fully saturated rings. The van der Waals surface area contributed by atoms with Gasteiger partial charge >= 0.3 is 32.4 Å². The highest BCUT2D eigenvalue weighted by atomic mass is 35.7. The van der Waals surface area contributed by atoms with Gasteiger partial charge in [0.15, 0.2) is 8.32 Å². The van der Waals surface area contributed by atoms with Crippen molar-refractivity contribution in [1.82, 2.24) is 0 Å². The Bertz CT molecular complexity index is 3200. The fraction of sp³-hybridized carbons (Fsp3) is 0.294. The molecular weight excluding hydrogens is 1550 g/mol. The third-order valence-corrected chi connectivity index (χ3v) is 54.0. The van der Waals surface area contributed by atoms with E-state index in [9.17, 15) is 0 Å². The second kappa shape index (κ2) is 42.6. The molecule has 2 aliphatic rings. The summed E-state index contributed by atoms with van der Waals surface area (Å²) in [4.78, 5) is 0. The van der Waals surface area contributed by atoms with Crippen LogP contribution >= 0.6 is 66.5 Å². The van der Waals surface area contributed by atoms with E-state index < -0.39 is 108 Å². The van der Waals surface area contributed by atoms with Gasteiger partial charge in [-0.15, -0.1) is 66.5 Å². The second-order valence-electron chi connectivity index (χ2n) is 25.5. The largest absolute Gasteiger partial charge is 0.421 e. The van der Waals surface area contributed by atoms with E-state index in [1.54, 1.807) is 14.2 Å². The van der Waals surface area contributed by atoms with Crippen LogP contribution in [0, 0.1) is 0 Å². The Labute approximate surface area is 627 Å². The number of hydrogen-bond acceptors (Lipinski definition) is 10. The van der Waals surface area contributed by atoms with Crippen molar-refractivity contribution in [2.75, 3.05) is 21.3 Å². The van der Waals surface area contributed by atoms with Gasteiger partial charge < -0.3 is 42.1 Å². The molecule has 29 heteroatoms. The molecule has 0 bridgehead atoms. The van der Waals surface area contributed by atoms with E-state index in [1.165, 1.54) is 15.6 Å². The van der Waals surface area contributed by atoms with Crippen molar-refractivity contribution in [1.29, 1.82) is 0 Å². The molecule has 8 aromatic carbocycles. The maximum absolute atomic E-state index is 6.64. The lowest BCUT2D eigenvalue weighted by atomic mass is 10.4. The molecule has 97 heavy (non-hydrogen) atoms. The average molecular weight is 1660 g/mol. The van der Waals surface area contributed by atoms with Crippen LogP contribution < -0.4 is 41.5 Å². The Hall–Kier alpha value is -2.08. The van der Waals surface area contributed by atoms with Crippen LogP contribution in [0.5, 0.6) is 0 Å². The molecule has 530 valence electrons. The van der Waals surface area contributed by atoms with Crippen LogP contribution in [0.15, 0.2) is 243 Å². The molecular formula is C68H104Cl6O10Si13. The van der Waals surface area contributed by atoms with Crippen LogP contribution in [0.2, 0.25) is 111 Å². The van der Waals surface area contributed by atoms with E-state index in [0.29, 0.717) is 0 Å². The Morgan fingerprint density at radius 3 is 0.753 bits per heavy atom.